The van der Waals surface area contributed by atoms with Crippen LogP contribution in [-0.4, -0.2) is 36.0 Å². The van der Waals surface area contributed by atoms with E-state index in [-0.39, 0.29) is 27.9 Å². The summed E-state index contributed by atoms with van der Waals surface area (Å²) in [6.07, 6.45) is 3.91. The van der Waals surface area contributed by atoms with Gasteiger partial charge in [-0.05, 0) is 66.8 Å². The van der Waals surface area contributed by atoms with E-state index in [0.29, 0.717) is 30.5 Å². The number of carboxylic acid groups (broad SMARTS) is 1. The molecule has 1 saturated carbocycles. The minimum absolute atomic E-state index is 0.101. The molecule has 0 aliphatic heterocycles. The number of amides is 2. The zero-order valence-corrected chi connectivity index (χ0v) is 23.0. The first-order valence-corrected chi connectivity index (χ1v) is 13.5. The summed E-state index contributed by atoms with van der Waals surface area (Å²) in [6.45, 7) is 0. The normalized spacial score (nSPS) is 14.8. The molecule has 39 heavy (non-hydrogen) atoms. The van der Waals surface area contributed by atoms with Gasteiger partial charge in [-0.1, -0.05) is 66.4 Å². The van der Waals surface area contributed by atoms with Gasteiger partial charge in [0.2, 0.25) is 5.91 Å². The highest BCUT2D eigenvalue weighted by Gasteiger charge is 2.42. The van der Waals surface area contributed by atoms with E-state index >= 15 is 0 Å². The van der Waals surface area contributed by atoms with Gasteiger partial charge in [0.25, 0.3) is 5.91 Å². The van der Waals surface area contributed by atoms with Crippen LogP contribution in [0.1, 0.15) is 47.2 Å². The highest BCUT2D eigenvalue weighted by molar-refractivity contribution is 6.40. The van der Waals surface area contributed by atoms with E-state index in [1.165, 1.54) is 0 Å². The average molecular weight is 569 g/mol. The van der Waals surface area contributed by atoms with Crippen molar-refractivity contribution in [3.8, 4) is 5.75 Å². The van der Waals surface area contributed by atoms with E-state index in [4.69, 9.17) is 27.9 Å². The van der Waals surface area contributed by atoms with Gasteiger partial charge >= 0.3 is 5.97 Å². The van der Waals surface area contributed by atoms with Crippen LogP contribution in [0.4, 0.5) is 5.69 Å². The lowest BCUT2D eigenvalue weighted by molar-refractivity contribution is -0.143. The van der Waals surface area contributed by atoms with Crippen molar-refractivity contribution >= 4 is 46.7 Å². The zero-order valence-electron chi connectivity index (χ0n) is 21.5. The van der Waals surface area contributed by atoms with Crippen molar-refractivity contribution in [1.29, 1.82) is 0 Å². The SMILES string of the molecule is COc1ccc(CC2(C(=O)NC(Cc3ccc(NC(=O)c4c(Cl)cccc4Cl)cc3)C(=O)O)CCCC2)cc1. The number of methoxy groups -OCH3 is 1. The predicted molar refractivity (Wildman–Crippen MR) is 152 cm³/mol. The largest absolute Gasteiger partial charge is 0.497 e. The number of halogens is 2. The van der Waals surface area contributed by atoms with Crippen molar-refractivity contribution in [3.05, 3.63) is 93.5 Å². The molecule has 204 valence electrons. The molecule has 0 saturated heterocycles. The molecule has 1 aliphatic carbocycles. The molecule has 2 amide bonds. The van der Waals surface area contributed by atoms with Gasteiger partial charge in [-0.2, -0.15) is 0 Å². The molecule has 0 radical (unpaired) electrons. The fraction of sp³-hybridized carbons (Fsp3) is 0.300. The summed E-state index contributed by atoms with van der Waals surface area (Å²) in [6, 6.07) is 18.1. The van der Waals surface area contributed by atoms with Crippen LogP contribution in [0.15, 0.2) is 66.7 Å². The standard InChI is InChI=1S/C30H30Cl2N2O5/c1-39-22-13-9-20(10-14-22)18-30(15-2-3-16-30)29(38)34-25(28(36)37)17-19-7-11-21(12-8-19)33-27(35)26-23(31)5-4-6-24(26)32/h4-14,25H,2-3,15-18H2,1H3,(H,33,35)(H,34,38)(H,36,37). The van der Waals surface area contributed by atoms with Crippen LogP contribution < -0.4 is 15.4 Å². The van der Waals surface area contributed by atoms with Crippen molar-refractivity contribution in [2.75, 3.05) is 12.4 Å². The maximum atomic E-state index is 13.5. The maximum Gasteiger partial charge on any atom is 0.326 e. The van der Waals surface area contributed by atoms with E-state index < -0.39 is 23.3 Å². The second kappa shape index (κ2) is 12.5. The molecule has 0 aromatic heterocycles. The first kappa shape index (κ1) is 28.5. The minimum atomic E-state index is -1.10. The number of rotatable bonds is 10. The Morgan fingerprint density at radius 3 is 2.08 bits per heavy atom. The smallest absolute Gasteiger partial charge is 0.326 e. The molecule has 3 N–H and O–H groups in total. The molecular formula is C30H30Cl2N2O5. The molecule has 0 bridgehead atoms. The molecule has 0 spiro atoms. The minimum Gasteiger partial charge on any atom is -0.497 e. The van der Waals surface area contributed by atoms with E-state index in [0.717, 1.165) is 24.2 Å². The first-order valence-electron chi connectivity index (χ1n) is 12.7. The van der Waals surface area contributed by atoms with Gasteiger partial charge in [0.05, 0.1) is 28.1 Å². The molecule has 4 rings (SSSR count). The number of anilines is 1. The Morgan fingerprint density at radius 1 is 0.923 bits per heavy atom. The molecular weight excluding hydrogens is 539 g/mol. The Labute approximate surface area is 237 Å². The maximum absolute atomic E-state index is 13.5. The van der Waals surface area contributed by atoms with Crippen LogP contribution >= 0.6 is 23.2 Å². The molecule has 1 fully saturated rings. The molecule has 1 aliphatic rings. The molecule has 3 aromatic carbocycles. The topological polar surface area (TPSA) is 105 Å². The number of carbonyl (C=O) groups is 3. The molecule has 9 heteroatoms. The predicted octanol–water partition coefficient (Wildman–Crippen LogP) is 6.17. The summed E-state index contributed by atoms with van der Waals surface area (Å²) in [5, 5.41) is 15.9. The second-order valence-corrected chi connectivity index (χ2v) is 10.6. The summed E-state index contributed by atoms with van der Waals surface area (Å²) < 4.78 is 5.23. The second-order valence-electron chi connectivity index (χ2n) is 9.83. The Kier molecular flexibility index (Phi) is 9.15. The third-order valence-electron chi connectivity index (χ3n) is 7.19. The number of carbonyl (C=O) groups excluding carboxylic acids is 2. The number of aliphatic carboxylic acids is 1. The lowest BCUT2D eigenvalue weighted by Crippen LogP contribution is -2.49. The van der Waals surface area contributed by atoms with Crippen molar-refractivity contribution < 1.29 is 24.2 Å². The summed E-state index contributed by atoms with van der Waals surface area (Å²) in [7, 11) is 1.60. The Balaban J connectivity index is 1.42. The van der Waals surface area contributed by atoms with Gasteiger partial charge in [-0.15, -0.1) is 0 Å². The molecule has 0 heterocycles. The van der Waals surface area contributed by atoms with Gasteiger partial charge in [-0.25, -0.2) is 4.79 Å². The van der Waals surface area contributed by atoms with E-state index in [1.54, 1.807) is 49.6 Å². The molecule has 1 atom stereocenters. The third kappa shape index (κ3) is 6.91. The molecule has 1 unspecified atom stereocenters. The fourth-order valence-electron chi connectivity index (χ4n) is 5.05. The Bertz CT molecular complexity index is 1320. The van der Waals surface area contributed by atoms with Gasteiger partial charge in [0.1, 0.15) is 11.8 Å². The van der Waals surface area contributed by atoms with Crippen molar-refractivity contribution in [2.45, 2.75) is 44.6 Å². The van der Waals surface area contributed by atoms with E-state index in [2.05, 4.69) is 10.6 Å². The number of nitrogens with one attached hydrogen (secondary N) is 2. The van der Waals surface area contributed by atoms with Crippen LogP contribution in [0, 0.1) is 5.41 Å². The first-order chi connectivity index (χ1) is 18.7. The highest BCUT2D eigenvalue weighted by atomic mass is 35.5. The van der Waals surface area contributed by atoms with E-state index in [9.17, 15) is 19.5 Å². The summed E-state index contributed by atoms with van der Waals surface area (Å²) >= 11 is 12.2. The van der Waals surface area contributed by atoms with Gasteiger partial charge in [0, 0.05) is 12.1 Å². The van der Waals surface area contributed by atoms with Crippen LogP contribution in [-0.2, 0) is 22.4 Å². The fourth-order valence-corrected chi connectivity index (χ4v) is 5.62. The highest BCUT2D eigenvalue weighted by Crippen LogP contribution is 2.41. The molecule has 3 aromatic rings. The van der Waals surface area contributed by atoms with Crippen LogP contribution in [0.5, 0.6) is 5.75 Å². The van der Waals surface area contributed by atoms with Crippen molar-refractivity contribution in [2.24, 2.45) is 5.41 Å². The summed E-state index contributed by atoms with van der Waals surface area (Å²) in [5.41, 5.74) is 1.74. The zero-order chi connectivity index (χ0) is 28.0. The summed E-state index contributed by atoms with van der Waals surface area (Å²) in [5.74, 6) is -1.05. The number of hydrogen-bond acceptors (Lipinski definition) is 4. The monoisotopic (exact) mass is 568 g/mol. The number of carboxylic acids is 1. The Morgan fingerprint density at radius 2 is 1.51 bits per heavy atom. The van der Waals surface area contributed by atoms with Crippen LogP contribution in [0.25, 0.3) is 0 Å². The summed E-state index contributed by atoms with van der Waals surface area (Å²) in [4.78, 5) is 38.2. The molecule has 7 nitrogen and oxygen atoms in total. The lowest BCUT2D eigenvalue weighted by Gasteiger charge is -2.29. The average Bonchev–Trinajstić information content (AvgIpc) is 3.39. The van der Waals surface area contributed by atoms with Crippen molar-refractivity contribution in [3.63, 3.8) is 0 Å². The lowest BCUT2D eigenvalue weighted by atomic mass is 9.78. The quantitative estimate of drug-likeness (QED) is 0.271. The Hall–Kier alpha value is -3.55. The van der Waals surface area contributed by atoms with Gasteiger partial charge in [-0.3, -0.25) is 9.59 Å². The number of ether oxygens (including phenoxy) is 1. The van der Waals surface area contributed by atoms with Gasteiger partial charge in [0.15, 0.2) is 0 Å². The van der Waals surface area contributed by atoms with Crippen LogP contribution in [0.3, 0.4) is 0 Å². The van der Waals surface area contributed by atoms with Crippen LogP contribution in [0.2, 0.25) is 10.0 Å². The van der Waals surface area contributed by atoms with E-state index in [1.807, 2.05) is 24.3 Å². The van der Waals surface area contributed by atoms with Gasteiger partial charge < -0.3 is 20.5 Å². The third-order valence-corrected chi connectivity index (χ3v) is 7.82. The van der Waals surface area contributed by atoms with Crippen molar-refractivity contribution in [1.82, 2.24) is 5.32 Å². The number of hydrogen-bond donors (Lipinski definition) is 3. The number of benzene rings is 3.